The normalized spacial score (nSPS) is 14.4. The smallest absolute Gasteiger partial charge is 0.246 e. The predicted octanol–water partition coefficient (Wildman–Crippen LogP) is 1.75. The zero-order chi connectivity index (χ0) is 14.1. The van der Waals surface area contributed by atoms with E-state index in [-0.39, 0.29) is 29.2 Å². The van der Waals surface area contributed by atoms with Crippen molar-refractivity contribution in [1.29, 1.82) is 0 Å². The van der Waals surface area contributed by atoms with Crippen LogP contribution < -0.4 is 0 Å². The SMILES string of the molecule is Cc1oc(CO)cc1S(=O)(=O)N(C)C(C)C(C)C. The van der Waals surface area contributed by atoms with Gasteiger partial charge in [0, 0.05) is 19.2 Å². The number of aryl methyl sites for hydroxylation is 1. The summed E-state index contributed by atoms with van der Waals surface area (Å²) in [7, 11) is -2.01. The lowest BCUT2D eigenvalue weighted by Crippen LogP contribution is -2.38. The Balaban J connectivity index is 3.17. The number of hydrogen-bond donors (Lipinski definition) is 1. The van der Waals surface area contributed by atoms with Gasteiger partial charge in [-0.15, -0.1) is 0 Å². The van der Waals surface area contributed by atoms with Crippen LogP contribution in [0.4, 0.5) is 0 Å². The maximum absolute atomic E-state index is 12.4. The van der Waals surface area contributed by atoms with Gasteiger partial charge in [-0.25, -0.2) is 8.42 Å². The molecule has 1 rings (SSSR count). The Morgan fingerprint density at radius 2 is 1.94 bits per heavy atom. The Labute approximate surface area is 108 Å². The van der Waals surface area contributed by atoms with Crippen LogP contribution in [0, 0.1) is 12.8 Å². The van der Waals surface area contributed by atoms with E-state index in [0.717, 1.165) is 0 Å². The summed E-state index contributed by atoms with van der Waals surface area (Å²) in [4.78, 5) is 0.126. The molecule has 18 heavy (non-hydrogen) atoms. The van der Waals surface area contributed by atoms with E-state index in [2.05, 4.69) is 0 Å². The highest BCUT2D eigenvalue weighted by Crippen LogP contribution is 2.25. The van der Waals surface area contributed by atoms with E-state index < -0.39 is 10.0 Å². The van der Waals surface area contributed by atoms with Crippen molar-refractivity contribution in [3.05, 3.63) is 17.6 Å². The van der Waals surface area contributed by atoms with Gasteiger partial charge >= 0.3 is 0 Å². The largest absolute Gasteiger partial charge is 0.462 e. The molecule has 0 spiro atoms. The summed E-state index contributed by atoms with van der Waals surface area (Å²) in [6, 6.07) is 1.27. The molecule has 1 heterocycles. The first-order valence-electron chi connectivity index (χ1n) is 5.90. The molecule has 0 saturated carbocycles. The van der Waals surface area contributed by atoms with Gasteiger partial charge in [0.25, 0.3) is 0 Å². The first-order chi connectivity index (χ1) is 8.21. The molecule has 104 valence electrons. The molecule has 0 fully saturated rings. The third-order valence-corrected chi connectivity index (χ3v) is 5.33. The molecule has 0 radical (unpaired) electrons. The number of sulfonamides is 1. The summed E-state index contributed by atoms with van der Waals surface area (Å²) < 4.78 is 31.4. The van der Waals surface area contributed by atoms with E-state index in [1.807, 2.05) is 20.8 Å². The van der Waals surface area contributed by atoms with E-state index in [9.17, 15) is 8.42 Å². The maximum atomic E-state index is 12.4. The van der Waals surface area contributed by atoms with Crippen molar-refractivity contribution in [3.63, 3.8) is 0 Å². The third-order valence-electron chi connectivity index (χ3n) is 3.27. The Morgan fingerprint density at radius 3 is 2.33 bits per heavy atom. The Hall–Kier alpha value is -0.850. The van der Waals surface area contributed by atoms with Crippen molar-refractivity contribution in [2.45, 2.75) is 45.2 Å². The van der Waals surface area contributed by atoms with Crippen LogP contribution >= 0.6 is 0 Å². The fraction of sp³-hybridized carbons (Fsp3) is 0.667. The van der Waals surface area contributed by atoms with E-state index in [1.54, 1.807) is 14.0 Å². The molecule has 0 saturated heterocycles. The molecule has 0 aliphatic rings. The fourth-order valence-corrected chi connectivity index (χ4v) is 3.33. The van der Waals surface area contributed by atoms with Gasteiger partial charge in [0.15, 0.2) is 0 Å². The minimum Gasteiger partial charge on any atom is -0.462 e. The molecule has 5 nitrogen and oxygen atoms in total. The maximum Gasteiger partial charge on any atom is 0.246 e. The average Bonchev–Trinajstić information content (AvgIpc) is 2.69. The number of nitrogens with zero attached hydrogens (tertiary/aromatic N) is 1. The molecule has 1 N–H and O–H groups in total. The van der Waals surface area contributed by atoms with Crippen molar-refractivity contribution in [2.75, 3.05) is 7.05 Å². The first-order valence-corrected chi connectivity index (χ1v) is 7.34. The second-order valence-corrected chi connectivity index (χ2v) is 6.76. The lowest BCUT2D eigenvalue weighted by molar-refractivity contribution is 0.244. The van der Waals surface area contributed by atoms with Crippen molar-refractivity contribution in [1.82, 2.24) is 4.31 Å². The van der Waals surface area contributed by atoms with Gasteiger partial charge in [-0.1, -0.05) is 13.8 Å². The molecule has 0 aromatic carbocycles. The number of hydrogen-bond acceptors (Lipinski definition) is 4. The van der Waals surface area contributed by atoms with Crippen LogP contribution in [0.5, 0.6) is 0 Å². The van der Waals surface area contributed by atoms with E-state index in [1.165, 1.54) is 10.4 Å². The van der Waals surface area contributed by atoms with Gasteiger partial charge in [-0.05, 0) is 19.8 Å². The quantitative estimate of drug-likeness (QED) is 0.888. The van der Waals surface area contributed by atoms with Gasteiger partial charge in [-0.2, -0.15) is 4.31 Å². The average molecular weight is 275 g/mol. The van der Waals surface area contributed by atoms with Gasteiger partial charge in [0.2, 0.25) is 10.0 Å². The molecular weight excluding hydrogens is 254 g/mol. The lowest BCUT2D eigenvalue weighted by atomic mass is 10.1. The van der Waals surface area contributed by atoms with Crippen LogP contribution in [0.1, 0.15) is 32.3 Å². The highest BCUT2D eigenvalue weighted by molar-refractivity contribution is 7.89. The Bertz CT molecular complexity index is 504. The third kappa shape index (κ3) is 2.76. The topological polar surface area (TPSA) is 70.8 Å². The fourth-order valence-electron chi connectivity index (χ4n) is 1.65. The van der Waals surface area contributed by atoms with Crippen LogP contribution in [0.3, 0.4) is 0 Å². The van der Waals surface area contributed by atoms with Crippen LogP contribution in [0.25, 0.3) is 0 Å². The van der Waals surface area contributed by atoms with Crippen LogP contribution in [-0.2, 0) is 16.6 Å². The summed E-state index contributed by atoms with van der Waals surface area (Å²) in [5.41, 5.74) is 0. The predicted molar refractivity (Wildman–Crippen MR) is 68.6 cm³/mol. The number of aliphatic hydroxyl groups excluding tert-OH is 1. The highest BCUT2D eigenvalue weighted by Gasteiger charge is 2.30. The summed E-state index contributed by atoms with van der Waals surface area (Å²) in [5, 5.41) is 8.97. The molecule has 1 aromatic heterocycles. The van der Waals surface area contributed by atoms with Crippen molar-refractivity contribution in [2.24, 2.45) is 5.92 Å². The standard InChI is InChI=1S/C12H21NO4S/c1-8(2)9(3)13(5)18(15,16)12-6-11(7-14)17-10(12)4/h6,8-9,14H,7H2,1-5H3. The van der Waals surface area contributed by atoms with Crippen LogP contribution in [0.2, 0.25) is 0 Å². The Morgan fingerprint density at radius 1 is 1.39 bits per heavy atom. The van der Waals surface area contributed by atoms with E-state index >= 15 is 0 Å². The van der Waals surface area contributed by atoms with Gasteiger partial charge in [0.1, 0.15) is 23.0 Å². The minimum absolute atomic E-state index is 0.109. The van der Waals surface area contributed by atoms with E-state index in [4.69, 9.17) is 9.52 Å². The molecule has 6 heteroatoms. The summed E-state index contributed by atoms with van der Waals surface area (Å²) in [5.74, 6) is 0.785. The summed E-state index contributed by atoms with van der Waals surface area (Å²) in [6.45, 7) is 7.08. The first kappa shape index (κ1) is 15.2. The zero-order valence-corrected chi connectivity index (χ0v) is 12.3. The molecule has 1 unspecified atom stereocenters. The summed E-state index contributed by atoms with van der Waals surface area (Å²) >= 11 is 0. The van der Waals surface area contributed by atoms with Crippen molar-refractivity contribution < 1.29 is 17.9 Å². The Kier molecular flexibility index (Phi) is 4.58. The van der Waals surface area contributed by atoms with Gasteiger partial charge in [0.05, 0.1) is 0 Å². The second kappa shape index (κ2) is 5.42. The van der Waals surface area contributed by atoms with Gasteiger partial charge < -0.3 is 9.52 Å². The van der Waals surface area contributed by atoms with Crippen molar-refractivity contribution >= 4 is 10.0 Å². The van der Waals surface area contributed by atoms with Crippen molar-refractivity contribution in [3.8, 4) is 0 Å². The highest BCUT2D eigenvalue weighted by atomic mass is 32.2. The molecule has 1 aromatic rings. The van der Waals surface area contributed by atoms with Crippen LogP contribution in [0.15, 0.2) is 15.4 Å². The molecule has 0 aliphatic heterocycles. The monoisotopic (exact) mass is 275 g/mol. The van der Waals surface area contributed by atoms with E-state index in [0.29, 0.717) is 5.76 Å². The molecule has 0 bridgehead atoms. The molecule has 0 aliphatic carbocycles. The zero-order valence-electron chi connectivity index (χ0n) is 11.5. The molecular formula is C12H21NO4S. The van der Waals surface area contributed by atoms with Gasteiger partial charge in [-0.3, -0.25) is 0 Å². The molecule has 0 amide bonds. The number of furan rings is 1. The number of aliphatic hydroxyl groups is 1. The minimum atomic E-state index is -3.57. The lowest BCUT2D eigenvalue weighted by Gasteiger charge is -2.26. The summed E-state index contributed by atoms with van der Waals surface area (Å²) in [6.07, 6.45) is 0. The number of rotatable bonds is 5. The molecule has 1 atom stereocenters. The second-order valence-electron chi connectivity index (χ2n) is 4.80. The van der Waals surface area contributed by atoms with Crippen LogP contribution in [-0.4, -0.2) is 30.9 Å².